The molecule has 1 aliphatic rings. The predicted octanol–water partition coefficient (Wildman–Crippen LogP) is 0.0473. The third-order valence-corrected chi connectivity index (χ3v) is 3.78. The standard InChI is InChI=1S/C14H20N2O3S/c15-14(20)11-3-1-10(2-4-11)13(18)7-16-5-6-19-9-12(16)8-17/h1-4,12-13,17-18H,5-9H2,(H2,15,20). The number of β-amino-alcohol motifs (C(OH)–C–C–N with tert-alkyl or cyclic N) is 1. The van der Waals surface area contributed by atoms with Crippen LogP contribution in [0.25, 0.3) is 0 Å². The van der Waals surface area contributed by atoms with Crippen molar-refractivity contribution in [2.24, 2.45) is 5.73 Å². The van der Waals surface area contributed by atoms with E-state index in [9.17, 15) is 10.2 Å². The van der Waals surface area contributed by atoms with Crippen LogP contribution in [0, 0.1) is 0 Å². The van der Waals surface area contributed by atoms with Crippen molar-refractivity contribution in [3.05, 3.63) is 35.4 Å². The van der Waals surface area contributed by atoms with E-state index in [1.54, 1.807) is 0 Å². The minimum atomic E-state index is -0.609. The van der Waals surface area contributed by atoms with E-state index in [-0.39, 0.29) is 12.6 Å². The highest BCUT2D eigenvalue weighted by molar-refractivity contribution is 7.80. The van der Waals surface area contributed by atoms with Crippen molar-refractivity contribution in [2.45, 2.75) is 12.1 Å². The van der Waals surface area contributed by atoms with Crippen molar-refractivity contribution < 1.29 is 14.9 Å². The molecule has 1 fully saturated rings. The first-order valence-corrected chi connectivity index (χ1v) is 7.03. The van der Waals surface area contributed by atoms with Gasteiger partial charge in [0, 0.05) is 18.7 Å². The Hall–Kier alpha value is -1.05. The molecule has 5 nitrogen and oxygen atoms in total. The fourth-order valence-corrected chi connectivity index (χ4v) is 2.43. The highest BCUT2D eigenvalue weighted by atomic mass is 32.1. The normalized spacial score (nSPS) is 21.6. The van der Waals surface area contributed by atoms with E-state index in [0.717, 1.165) is 11.1 Å². The van der Waals surface area contributed by atoms with Gasteiger partial charge in [0.2, 0.25) is 0 Å². The van der Waals surface area contributed by atoms with Crippen LogP contribution in [0.3, 0.4) is 0 Å². The average Bonchev–Trinajstić information content (AvgIpc) is 2.48. The topological polar surface area (TPSA) is 79.0 Å². The summed E-state index contributed by atoms with van der Waals surface area (Å²) in [6, 6.07) is 7.23. The van der Waals surface area contributed by atoms with Gasteiger partial charge in [0.25, 0.3) is 0 Å². The maximum absolute atomic E-state index is 10.3. The summed E-state index contributed by atoms with van der Waals surface area (Å²) in [5.41, 5.74) is 7.15. The monoisotopic (exact) mass is 296 g/mol. The summed E-state index contributed by atoms with van der Waals surface area (Å²) in [5.74, 6) is 0. The molecule has 2 atom stereocenters. The van der Waals surface area contributed by atoms with Gasteiger partial charge in [0.05, 0.1) is 32.0 Å². The van der Waals surface area contributed by atoms with E-state index in [1.807, 2.05) is 24.3 Å². The molecule has 1 aromatic rings. The van der Waals surface area contributed by atoms with Gasteiger partial charge in [0.15, 0.2) is 0 Å². The average molecular weight is 296 g/mol. The van der Waals surface area contributed by atoms with Crippen LogP contribution in [0.1, 0.15) is 17.2 Å². The summed E-state index contributed by atoms with van der Waals surface area (Å²) >= 11 is 4.90. The third-order valence-electron chi connectivity index (χ3n) is 3.55. The number of morpholine rings is 1. The SMILES string of the molecule is NC(=S)c1ccc(C(O)CN2CCOCC2CO)cc1. The van der Waals surface area contributed by atoms with E-state index in [2.05, 4.69) is 4.90 Å². The van der Waals surface area contributed by atoms with Crippen molar-refractivity contribution in [2.75, 3.05) is 32.9 Å². The number of hydrogen-bond acceptors (Lipinski definition) is 5. The molecular weight excluding hydrogens is 276 g/mol. The number of thiocarbonyl (C=S) groups is 1. The summed E-state index contributed by atoms with van der Waals surface area (Å²) in [6.45, 7) is 2.36. The zero-order chi connectivity index (χ0) is 14.5. The Balaban J connectivity index is 1.99. The number of aliphatic hydroxyl groups excluding tert-OH is 2. The molecule has 6 heteroatoms. The molecule has 0 amide bonds. The molecule has 0 radical (unpaired) electrons. The van der Waals surface area contributed by atoms with Gasteiger partial charge in [-0.1, -0.05) is 36.5 Å². The number of nitrogens with two attached hydrogens (primary N) is 1. The van der Waals surface area contributed by atoms with Crippen molar-refractivity contribution >= 4 is 17.2 Å². The lowest BCUT2D eigenvalue weighted by Gasteiger charge is -2.35. The van der Waals surface area contributed by atoms with Crippen LogP contribution in [-0.2, 0) is 4.74 Å². The molecule has 0 spiro atoms. The minimum Gasteiger partial charge on any atom is -0.395 e. The smallest absolute Gasteiger partial charge is 0.103 e. The first-order valence-electron chi connectivity index (χ1n) is 6.62. The van der Waals surface area contributed by atoms with E-state index in [0.29, 0.717) is 31.3 Å². The maximum Gasteiger partial charge on any atom is 0.103 e. The maximum atomic E-state index is 10.3. The number of ether oxygens (including phenoxy) is 1. The molecule has 2 rings (SSSR count). The van der Waals surface area contributed by atoms with Crippen molar-refractivity contribution in [3.8, 4) is 0 Å². The van der Waals surface area contributed by atoms with E-state index < -0.39 is 6.10 Å². The fourth-order valence-electron chi connectivity index (χ4n) is 2.29. The van der Waals surface area contributed by atoms with Gasteiger partial charge in [-0.3, -0.25) is 4.90 Å². The summed E-state index contributed by atoms with van der Waals surface area (Å²) < 4.78 is 5.32. The number of aliphatic hydroxyl groups is 2. The number of benzene rings is 1. The lowest BCUT2D eigenvalue weighted by atomic mass is 10.1. The zero-order valence-electron chi connectivity index (χ0n) is 11.2. The van der Waals surface area contributed by atoms with Crippen LogP contribution in [-0.4, -0.2) is 59.1 Å². The van der Waals surface area contributed by atoms with Gasteiger partial charge in [-0.2, -0.15) is 0 Å². The van der Waals surface area contributed by atoms with Gasteiger partial charge in [-0.25, -0.2) is 0 Å². The highest BCUT2D eigenvalue weighted by Crippen LogP contribution is 2.18. The van der Waals surface area contributed by atoms with Crippen LogP contribution in [0.15, 0.2) is 24.3 Å². The molecule has 0 aliphatic carbocycles. The molecule has 0 aromatic heterocycles. The van der Waals surface area contributed by atoms with Crippen molar-refractivity contribution in [3.63, 3.8) is 0 Å². The first kappa shape index (κ1) is 15.3. The van der Waals surface area contributed by atoms with Crippen LogP contribution in [0.2, 0.25) is 0 Å². The van der Waals surface area contributed by atoms with Crippen LogP contribution in [0.4, 0.5) is 0 Å². The van der Waals surface area contributed by atoms with Crippen LogP contribution in [0.5, 0.6) is 0 Å². The minimum absolute atomic E-state index is 0.0348. The second-order valence-corrected chi connectivity index (χ2v) is 5.35. The number of rotatable bonds is 5. The van der Waals surface area contributed by atoms with Gasteiger partial charge in [-0.05, 0) is 5.56 Å². The van der Waals surface area contributed by atoms with E-state index in [4.69, 9.17) is 22.7 Å². The Morgan fingerprint density at radius 3 is 2.75 bits per heavy atom. The Labute approximate surface area is 124 Å². The Morgan fingerprint density at radius 1 is 1.45 bits per heavy atom. The molecule has 0 bridgehead atoms. The third kappa shape index (κ3) is 3.74. The molecule has 110 valence electrons. The second-order valence-electron chi connectivity index (χ2n) is 4.91. The Bertz CT molecular complexity index is 452. The Morgan fingerprint density at radius 2 is 2.15 bits per heavy atom. The van der Waals surface area contributed by atoms with Gasteiger partial charge in [-0.15, -0.1) is 0 Å². The van der Waals surface area contributed by atoms with Gasteiger partial charge in [0.1, 0.15) is 4.99 Å². The first-order chi connectivity index (χ1) is 9.61. The van der Waals surface area contributed by atoms with Crippen LogP contribution < -0.4 is 5.73 Å². The highest BCUT2D eigenvalue weighted by Gasteiger charge is 2.24. The summed E-state index contributed by atoms with van der Waals surface area (Å²) in [6.07, 6.45) is -0.609. The summed E-state index contributed by atoms with van der Waals surface area (Å²) in [4.78, 5) is 2.40. The Kier molecular flexibility index (Phi) is 5.45. The van der Waals surface area contributed by atoms with E-state index >= 15 is 0 Å². The second kappa shape index (κ2) is 7.10. The number of nitrogens with zero attached hydrogens (tertiary/aromatic N) is 1. The van der Waals surface area contributed by atoms with Crippen molar-refractivity contribution in [1.82, 2.24) is 4.90 Å². The lowest BCUT2D eigenvalue weighted by Crippen LogP contribution is -2.48. The molecule has 0 saturated carbocycles. The molecule has 4 N–H and O–H groups in total. The molecule has 1 saturated heterocycles. The van der Waals surface area contributed by atoms with Crippen LogP contribution >= 0.6 is 12.2 Å². The molecule has 20 heavy (non-hydrogen) atoms. The quantitative estimate of drug-likeness (QED) is 0.666. The largest absolute Gasteiger partial charge is 0.395 e. The van der Waals surface area contributed by atoms with Gasteiger partial charge >= 0.3 is 0 Å². The molecule has 1 aliphatic heterocycles. The number of hydrogen-bond donors (Lipinski definition) is 3. The lowest BCUT2D eigenvalue weighted by molar-refractivity contribution is -0.0437. The molecule has 1 heterocycles. The zero-order valence-corrected chi connectivity index (χ0v) is 12.1. The predicted molar refractivity (Wildman–Crippen MR) is 80.6 cm³/mol. The van der Waals surface area contributed by atoms with Crippen molar-refractivity contribution in [1.29, 1.82) is 0 Å². The molecule has 2 unspecified atom stereocenters. The molecule has 1 aromatic carbocycles. The molecular formula is C14H20N2O3S. The fraction of sp³-hybridized carbons (Fsp3) is 0.500. The summed E-state index contributed by atoms with van der Waals surface area (Å²) in [7, 11) is 0. The summed E-state index contributed by atoms with van der Waals surface area (Å²) in [5, 5.41) is 19.6. The van der Waals surface area contributed by atoms with Gasteiger partial charge < -0.3 is 20.7 Å². The van der Waals surface area contributed by atoms with E-state index in [1.165, 1.54) is 0 Å².